The minimum atomic E-state index is -0.159. The van der Waals surface area contributed by atoms with E-state index < -0.39 is 0 Å². The SMILES string of the molecule is CCC(C)C1CCC2(C1)OCCO2. The number of hydrogen-bond donors (Lipinski definition) is 0. The summed E-state index contributed by atoms with van der Waals surface area (Å²) in [6, 6.07) is 0. The first-order valence-corrected chi connectivity index (χ1v) is 5.54. The van der Waals surface area contributed by atoms with Crippen molar-refractivity contribution in [3.8, 4) is 0 Å². The Bertz CT molecular complexity index is 173. The van der Waals surface area contributed by atoms with Crippen LogP contribution in [-0.4, -0.2) is 19.0 Å². The highest BCUT2D eigenvalue weighted by atomic mass is 16.7. The monoisotopic (exact) mass is 184 g/mol. The molecule has 2 aliphatic rings. The lowest BCUT2D eigenvalue weighted by atomic mass is 9.90. The maximum absolute atomic E-state index is 5.70. The van der Waals surface area contributed by atoms with Crippen LogP contribution in [0.4, 0.5) is 0 Å². The third-order valence-electron chi connectivity index (χ3n) is 3.73. The summed E-state index contributed by atoms with van der Waals surface area (Å²) in [5.74, 6) is 1.49. The summed E-state index contributed by atoms with van der Waals surface area (Å²) in [7, 11) is 0. The van der Waals surface area contributed by atoms with Gasteiger partial charge in [0.2, 0.25) is 0 Å². The molecule has 1 aliphatic carbocycles. The van der Waals surface area contributed by atoms with E-state index in [1.165, 1.54) is 12.8 Å². The molecule has 2 unspecified atom stereocenters. The quantitative estimate of drug-likeness (QED) is 0.656. The Morgan fingerprint density at radius 2 is 2.08 bits per heavy atom. The predicted octanol–water partition coefficient (Wildman–Crippen LogP) is 2.58. The second kappa shape index (κ2) is 3.58. The number of rotatable bonds is 2. The van der Waals surface area contributed by atoms with E-state index in [0.29, 0.717) is 0 Å². The van der Waals surface area contributed by atoms with Crippen LogP contribution in [0, 0.1) is 11.8 Å². The Morgan fingerprint density at radius 3 is 2.69 bits per heavy atom. The molecule has 13 heavy (non-hydrogen) atoms. The van der Waals surface area contributed by atoms with Gasteiger partial charge in [0.1, 0.15) is 0 Å². The molecule has 1 saturated carbocycles. The van der Waals surface area contributed by atoms with Gasteiger partial charge in [-0.15, -0.1) is 0 Å². The lowest BCUT2D eigenvalue weighted by molar-refractivity contribution is -0.153. The van der Waals surface area contributed by atoms with Gasteiger partial charge in [0.15, 0.2) is 5.79 Å². The second-order valence-electron chi connectivity index (χ2n) is 4.50. The van der Waals surface area contributed by atoms with Crippen molar-refractivity contribution < 1.29 is 9.47 Å². The first-order valence-electron chi connectivity index (χ1n) is 5.54. The Labute approximate surface area is 80.6 Å². The topological polar surface area (TPSA) is 18.5 Å². The van der Waals surface area contributed by atoms with Crippen LogP contribution < -0.4 is 0 Å². The number of ether oxygens (including phenoxy) is 2. The van der Waals surface area contributed by atoms with Crippen LogP contribution in [0.15, 0.2) is 0 Å². The summed E-state index contributed by atoms with van der Waals surface area (Å²) < 4.78 is 11.4. The molecule has 2 fully saturated rings. The second-order valence-corrected chi connectivity index (χ2v) is 4.50. The average molecular weight is 184 g/mol. The molecule has 1 aliphatic heterocycles. The summed E-state index contributed by atoms with van der Waals surface area (Å²) >= 11 is 0. The summed E-state index contributed by atoms with van der Waals surface area (Å²) in [5.41, 5.74) is 0. The van der Waals surface area contributed by atoms with Gasteiger partial charge in [0, 0.05) is 12.8 Å². The summed E-state index contributed by atoms with van der Waals surface area (Å²) in [5, 5.41) is 0. The van der Waals surface area contributed by atoms with Crippen LogP contribution in [0.1, 0.15) is 39.5 Å². The van der Waals surface area contributed by atoms with Gasteiger partial charge in [-0.3, -0.25) is 0 Å². The van der Waals surface area contributed by atoms with Crippen LogP contribution >= 0.6 is 0 Å². The maximum Gasteiger partial charge on any atom is 0.168 e. The highest BCUT2D eigenvalue weighted by Crippen LogP contribution is 2.44. The predicted molar refractivity (Wildman–Crippen MR) is 51.4 cm³/mol. The fourth-order valence-corrected chi connectivity index (χ4v) is 2.59. The molecule has 0 N–H and O–H groups in total. The highest BCUT2D eigenvalue weighted by Gasteiger charge is 2.44. The Morgan fingerprint density at radius 1 is 1.38 bits per heavy atom. The van der Waals surface area contributed by atoms with Crippen LogP contribution in [-0.2, 0) is 9.47 Å². The molecule has 1 spiro atoms. The molecule has 1 saturated heterocycles. The standard InChI is InChI=1S/C11H20O2/c1-3-9(2)10-4-5-11(8-10)12-6-7-13-11/h9-10H,3-8H2,1-2H3. The summed E-state index contributed by atoms with van der Waals surface area (Å²) in [4.78, 5) is 0. The van der Waals surface area contributed by atoms with Crippen molar-refractivity contribution in [1.29, 1.82) is 0 Å². The minimum Gasteiger partial charge on any atom is -0.348 e. The lowest BCUT2D eigenvalue weighted by Crippen LogP contribution is -2.26. The molecule has 2 rings (SSSR count). The first kappa shape index (κ1) is 9.47. The zero-order chi connectivity index (χ0) is 9.31. The Balaban J connectivity index is 1.93. The lowest BCUT2D eigenvalue weighted by Gasteiger charge is -2.23. The fraction of sp³-hybridized carbons (Fsp3) is 1.00. The normalized spacial score (nSPS) is 34.2. The molecular formula is C11H20O2. The molecule has 0 bridgehead atoms. The molecule has 2 nitrogen and oxygen atoms in total. The van der Waals surface area contributed by atoms with E-state index in [0.717, 1.165) is 37.9 Å². The molecule has 2 heteroatoms. The van der Waals surface area contributed by atoms with E-state index in [9.17, 15) is 0 Å². The molecule has 2 atom stereocenters. The van der Waals surface area contributed by atoms with E-state index in [4.69, 9.17) is 9.47 Å². The molecule has 76 valence electrons. The molecule has 0 radical (unpaired) electrons. The van der Waals surface area contributed by atoms with E-state index in [2.05, 4.69) is 13.8 Å². The number of hydrogen-bond acceptors (Lipinski definition) is 2. The van der Waals surface area contributed by atoms with Gasteiger partial charge in [-0.25, -0.2) is 0 Å². The van der Waals surface area contributed by atoms with Gasteiger partial charge >= 0.3 is 0 Å². The van der Waals surface area contributed by atoms with E-state index in [1.807, 2.05) is 0 Å². The fourth-order valence-electron chi connectivity index (χ4n) is 2.59. The smallest absolute Gasteiger partial charge is 0.168 e. The van der Waals surface area contributed by atoms with E-state index in [-0.39, 0.29) is 5.79 Å². The van der Waals surface area contributed by atoms with Crippen LogP contribution in [0.2, 0.25) is 0 Å². The molecule has 1 heterocycles. The van der Waals surface area contributed by atoms with Gasteiger partial charge in [-0.2, -0.15) is 0 Å². The van der Waals surface area contributed by atoms with Crippen molar-refractivity contribution >= 4 is 0 Å². The minimum absolute atomic E-state index is 0.159. The van der Waals surface area contributed by atoms with Gasteiger partial charge in [0.25, 0.3) is 0 Å². The average Bonchev–Trinajstić information content (AvgIpc) is 2.76. The molecule has 0 aromatic rings. The van der Waals surface area contributed by atoms with E-state index >= 15 is 0 Å². The van der Waals surface area contributed by atoms with Crippen molar-refractivity contribution in [2.45, 2.75) is 45.3 Å². The largest absolute Gasteiger partial charge is 0.348 e. The van der Waals surface area contributed by atoms with Crippen molar-refractivity contribution in [3.63, 3.8) is 0 Å². The van der Waals surface area contributed by atoms with Crippen molar-refractivity contribution in [2.75, 3.05) is 13.2 Å². The molecule has 0 aromatic carbocycles. The third-order valence-corrected chi connectivity index (χ3v) is 3.73. The summed E-state index contributed by atoms with van der Waals surface area (Å²) in [6.07, 6.45) is 4.81. The van der Waals surface area contributed by atoms with Gasteiger partial charge in [-0.1, -0.05) is 20.3 Å². The van der Waals surface area contributed by atoms with Gasteiger partial charge < -0.3 is 9.47 Å². The van der Waals surface area contributed by atoms with Crippen molar-refractivity contribution in [1.82, 2.24) is 0 Å². The third kappa shape index (κ3) is 1.75. The first-order chi connectivity index (χ1) is 6.26. The molecule has 0 aromatic heterocycles. The molecule has 0 amide bonds. The molecular weight excluding hydrogens is 164 g/mol. The summed E-state index contributed by atoms with van der Waals surface area (Å²) in [6.45, 7) is 6.21. The zero-order valence-corrected chi connectivity index (χ0v) is 8.71. The Kier molecular flexibility index (Phi) is 2.61. The van der Waals surface area contributed by atoms with Gasteiger partial charge in [0.05, 0.1) is 13.2 Å². The highest BCUT2D eigenvalue weighted by molar-refractivity contribution is 4.87. The maximum atomic E-state index is 5.70. The van der Waals surface area contributed by atoms with E-state index in [1.54, 1.807) is 0 Å². The van der Waals surface area contributed by atoms with Crippen molar-refractivity contribution in [3.05, 3.63) is 0 Å². The van der Waals surface area contributed by atoms with Crippen molar-refractivity contribution in [2.24, 2.45) is 11.8 Å². The van der Waals surface area contributed by atoms with Crippen LogP contribution in [0.3, 0.4) is 0 Å². The van der Waals surface area contributed by atoms with Gasteiger partial charge in [-0.05, 0) is 18.3 Å². The van der Waals surface area contributed by atoms with Crippen LogP contribution in [0.5, 0.6) is 0 Å². The zero-order valence-electron chi connectivity index (χ0n) is 8.71. The van der Waals surface area contributed by atoms with Crippen LogP contribution in [0.25, 0.3) is 0 Å². The Hall–Kier alpha value is -0.0800.